The quantitative estimate of drug-likeness (QED) is 0.804. The molecule has 0 unspecified atom stereocenters. The fraction of sp³-hybridized carbons (Fsp3) is 0.0588. The molecular formula is C17H13NO4. The SMILES string of the molecule is COc1cc(/C=C/c2nc(=O)c3ccccc3o2)ccc1O. The van der Waals surface area contributed by atoms with Crippen molar-refractivity contribution in [3.8, 4) is 11.5 Å². The summed E-state index contributed by atoms with van der Waals surface area (Å²) >= 11 is 0. The maximum absolute atomic E-state index is 11.9. The molecule has 5 nitrogen and oxygen atoms in total. The fourth-order valence-corrected chi connectivity index (χ4v) is 2.06. The summed E-state index contributed by atoms with van der Waals surface area (Å²) in [5.74, 6) is 0.654. The van der Waals surface area contributed by atoms with Crippen LogP contribution in [0.5, 0.6) is 11.5 Å². The number of phenols is 1. The normalized spacial score (nSPS) is 11.1. The van der Waals surface area contributed by atoms with Gasteiger partial charge in [-0.15, -0.1) is 0 Å². The van der Waals surface area contributed by atoms with Gasteiger partial charge in [0.2, 0.25) is 5.89 Å². The lowest BCUT2D eigenvalue weighted by Crippen LogP contribution is -2.06. The number of benzene rings is 2. The average molecular weight is 295 g/mol. The highest BCUT2D eigenvalue weighted by molar-refractivity contribution is 5.76. The van der Waals surface area contributed by atoms with Gasteiger partial charge in [-0.1, -0.05) is 18.2 Å². The number of hydrogen-bond acceptors (Lipinski definition) is 5. The smallest absolute Gasteiger partial charge is 0.284 e. The van der Waals surface area contributed by atoms with Gasteiger partial charge in [-0.3, -0.25) is 4.79 Å². The Hall–Kier alpha value is -3.08. The zero-order valence-corrected chi connectivity index (χ0v) is 11.8. The number of ether oxygens (including phenoxy) is 1. The van der Waals surface area contributed by atoms with E-state index in [1.54, 1.807) is 48.6 Å². The number of hydrogen-bond donors (Lipinski definition) is 1. The van der Waals surface area contributed by atoms with Crippen LogP contribution in [0.2, 0.25) is 0 Å². The van der Waals surface area contributed by atoms with E-state index in [0.717, 1.165) is 5.56 Å². The molecule has 1 heterocycles. The van der Waals surface area contributed by atoms with Gasteiger partial charge in [0, 0.05) is 6.08 Å². The van der Waals surface area contributed by atoms with E-state index in [9.17, 15) is 9.90 Å². The second-order valence-electron chi connectivity index (χ2n) is 4.62. The molecule has 2 aromatic carbocycles. The zero-order valence-electron chi connectivity index (χ0n) is 11.8. The van der Waals surface area contributed by atoms with Crippen molar-refractivity contribution in [2.75, 3.05) is 7.11 Å². The first-order chi connectivity index (χ1) is 10.7. The van der Waals surface area contributed by atoms with E-state index in [4.69, 9.17) is 9.15 Å². The van der Waals surface area contributed by atoms with Gasteiger partial charge in [-0.25, -0.2) is 0 Å². The lowest BCUT2D eigenvalue weighted by atomic mass is 10.2. The Morgan fingerprint density at radius 1 is 1.18 bits per heavy atom. The molecule has 0 radical (unpaired) electrons. The molecule has 1 N–H and O–H groups in total. The lowest BCUT2D eigenvalue weighted by molar-refractivity contribution is 0.373. The molecule has 0 atom stereocenters. The van der Waals surface area contributed by atoms with Crippen molar-refractivity contribution >= 4 is 23.1 Å². The minimum absolute atomic E-state index is 0.0648. The lowest BCUT2D eigenvalue weighted by Gasteiger charge is -2.03. The molecule has 0 fully saturated rings. The van der Waals surface area contributed by atoms with Crippen LogP contribution in [0.4, 0.5) is 0 Å². The molecule has 1 aromatic heterocycles. The van der Waals surface area contributed by atoms with Crippen LogP contribution >= 0.6 is 0 Å². The molecule has 0 saturated carbocycles. The molecule has 110 valence electrons. The maximum Gasteiger partial charge on any atom is 0.284 e. The fourth-order valence-electron chi connectivity index (χ4n) is 2.06. The molecule has 22 heavy (non-hydrogen) atoms. The highest BCUT2D eigenvalue weighted by atomic mass is 16.5. The van der Waals surface area contributed by atoms with E-state index >= 15 is 0 Å². The number of nitrogens with zero attached hydrogens (tertiary/aromatic N) is 1. The van der Waals surface area contributed by atoms with Gasteiger partial charge in [-0.2, -0.15) is 4.98 Å². The van der Waals surface area contributed by atoms with Crippen molar-refractivity contribution < 1.29 is 14.3 Å². The molecule has 0 aliphatic carbocycles. The minimum Gasteiger partial charge on any atom is -0.504 e. The summed E-state index contributed by atoms with van der Waals surface area (Å²) in [4.78, 5) is 15.8. The summed E-state index contributed by atoms with van der Waals surface area (Å²) in [6, 6.07) is 11.9. The number of aromatic hydroxyl groups is 1. The van der Waals surface area contributed by atoms with Gasteiger partial charge in [0.15, 0.2) is 11.5 Å². The summed E-state index contributed by atoms with van der Waals surface area (Å²) in [5, 5.41) is 10.0. The Morgan fingerprint density at radius 2 is 2.00 bits per heavy atom. The van der Waals surface area contributed by atoms with Crippen LogP contribution in [0.25, 0.3) is 23.1 Å². The summed E-state index contributed by atoms with van der Waals surface area (Å²) in [5.41, 5.74) is 0.947. The van der Waals surface area contributed by atoms with E-state index in [1.807, 2.05) is 0 Å². The van der Waals surface area contributed by atoms with Gasteiger partial charge in [0.1, 0.15) is 5.58 Å². The maximum atomic E-state index is 11.9. The minimum atomic E-state index is -0.329. The first-order valence-electron chi connectivity index (χ1n) is 6.62. The highest BCUT2D eigenvalue weighted by Gasteiger charge is 2.04. The Kier molecular flexibility index (Phi) is 3.62. The summed E-state index contributed by atoms with van der Waals surface area (Å²) in [7, 11) is 1.48. The van der Waals surface area contributed by atoms with Crippen LogP contribution in [0.1, 0.15) is 11.5 Å². The highest BCUT2D eigenvalue weighted by Crippen LogP contribution is 2.27. The number of rotatable bonds is 3. The Balaban J connectivity index is 1.97. The molecule has 5 heteroatoms. The van der Waals surface area contributed by atoms with Gasteiger partial charge in [-0.05, 0) is 35.9 Å². The van der Waals surface area contributed by atoms with Crippen molar-refractivity contribution in [1.29, 1.82) is 0 Å². The molecule has 0 aliphatic rings. The third-order valence-electron chi connectivity index (χ3n) is 3.17. The van der Waals surface area contributed by atoms with Crippen molar-refractivity contribution in [2.45, 2.75) is 0 Å². The molecule has 0 amide bonds. The predicted molar refractivity (Wildman–Crippen MR) is 83.9 cm³/mol. The van der Waals surface area contributed by atoms with Gasteiger partial charge in [0.05, 0.1) is 12.5 Å². The van der Waals surface area contributed by atoms with Gasteiger partial charge < -0.3 is 14.3 Å². The molecule has 0 saturated heterocycles. The molecular weight excluding hydrogens is 282 g/mol. The van der Waals surface area contributed by atoms with Crippen LogP contribution < -0.4 is 10.3 Å². The monoisotopic (exact) mass is 295 g/mol. The first kappa shape index (κ1) is 13.9. The summed E-state index contributed by atoms with van der Waals surface area (Å²) < 4.78 is 10.6. The van der Waals surface area contributed by atoms with Crippen molar-refractivity contribution in [2.24, 2.45) is 0 Å². The molecule has 0 bridgehead atoms. The Bertz CT molecular complexity index is 912. The molecule has 0 aliphatic heterocycles. The van der Waals surface area contributed by atoms with Crippen molar-refractivity contribution in [3.05, 3.63) is 64.3 Å². The van der Waals surface area contributed by atoms with Crippen LogP contribution in [0, 0.1) is 0 Å². The second kappa shape index (κ2) is 5.73. The third kappa shape index (κ3) is 2.69. The van der Waals surface area contributed by atoms with Gasteiger partial charge in [0.25, 0.3) is 5.56 Å². The van der Waals surface area contributed by atoms with Gasteiger partial charge >= 0.3 is 0 Å². The molecule has 3 aromatic rings. The summed E-state index contributed by atoms with van der Waals surface area (Å²) in [6.07, 6.45) is 3.32. The zero-order chi connectivity index (χ0) is 15.5. The Morgan fingerprint density at radius 3 is 2.82 bits per heavy atom. The number of phenolic OH excluding ortho intramolecular Hbond substituents is 1. The summed E-state index contributed by atoms with van der Waals surface area (Å²) in [6.45, 7) is 0. The predicted octanol–water partition coefficient (Wildman–Crippen LogP) is 3.07. The number of methoxy groups -OCH3 is 1. The largest absolute Gasteiger partial charge is 0.504 e. The van der Waals surface area contributed by atoms with E-state index < -0.39 is 0 Å². The van der Waals surface area contributed by atoms with E-state index in [1.165, 1.54) is 13.2 Å². The van der Waals surface area contributed by atoms with Crippen molar-refractivity contribution in [3.63, 3.8) is 0 Å². The molecule has 3 rings (SSSR count). The van der Waals surface area contributed by atoms with Crippen molar-refractivity contribution in [1.82, 2.24) is 4.98 Å². The average Bonchev–Trinajstić information content (AvgIpc) is 2.54. The second-order valence-corrected chi connectivity index (χ2v) is 4.62. The standard InChI is InChI=1S/C17H13NO4/c1-21-15-10-11(6-8-13(15)19)7-9-16-18-17(20)12-4-2-3-5-14(12)22-16/h2-10,19H,1H3/b9-7+. The number of aromatic nitrogens is 1. The molecule has 0 spiro atoms. The van der Waals surface area contributed by atoms with E-state index in [0.29, 0.717) is 16.7 Å². The number of fused-ring (bicyclic) bond motifs is 1. The third-order valence-corrected chi connectivity index (χ3v) is 3.17. The van der Waals surface area contributed by atoms with Crippen LogP contribution in [0.15, 0.2) is 51.7 Å². The van der Waals surface area contributed by atoms with Crippen LogP contribution in [-0.4, -0.2) is 17.2 Å². The van der Waals surface area contributed by atoms with Crippen LogP contribution in [-0.2, 0) is 0 Å². The van der Waals surface area contributed by atoms with E-state index in [2.05, 4.69) is 4.98 Å². The Labute approximate surface area is 126 Å². The van der Waals surface area contributed by atoms with E-state index in [-0.39, 0.29) is 17.2 Å². The first-order valence-corrected chi connectivity index (χ1v) is 6.62. The van der Waals surface area contributed by atoms with Crippen LogP contribution in [0.3, 0.4) is 0 Å². The topological polar surface area (TPSA) is 72.6 Å². The number of para-hydroxylation sites is 1.